The summed E-state index contributed by atoms with van der Waals surface area (Å²) < 4.78 is 21.3. The molecule has 0 bridgehead atoms. The van der Waals surface area contributed by atoms with E-state index in [0.717, 1.165) is 80.3 Å². The Bertz CT molecular complexity index is 1500. The number of carbonyl (C=O) groups excluding carboxylic acids is 3. The monoisotopic (exact) mass is 683 g/mol. The number of methoxy groups -OCH3 is 2. The number of carbonyl (C=O) groups is 3. The molecule has 3 aromatic rings. The van der Waals surface area contributed by atoms with Crippen LogP contribution in [0.15, 0.2) is 48.5 Å². The van der Waals surface area contributed by atoms with Gasteiger partial charge in [-0.2, -0.15) is 0 Å². The van der Waals surface area contributed by atoms with Crippen LogP contribution in [0.1, 0.15) is 47.3 Å². The van der Waals surface area contributed by atoms with Crippen molar-refractivity contribution in [2.75, 3.05) is 65.1 Å². The number of nitrogens with one attached hydrogen (secondary N) is 1. The molecule has 0 saturated carbocycles. The number of aryl methyl sites for hydroxylation is 2. The van der Waals surface area contributed by atoms with Crippen molar-refractivity contribution in [3.63, 3.8) is 0 Å². The maximum absolute atomic E-state index is 13.2. The van der Waals surface area contributed by atoms with Crippen LogP contribution >= 0.6 is 11.6 Å². The minimum absolute atomic E-state index is 0.0276. The third kappa shape index (κ3) is 10.7. The summed E-state index contributed by atoms with van der Waals surface area (Å²) in [7, 11) is 2.65. The normalized spacial score (nSPS) is 15.3. The highest BCUT2D eigenvalue weighted by Gasteiger charge is 2.35. The molecule has 5 N–H and O–H groups in total. The van der Waals surface area contributed by atoms with E-state index in [-0.39, 0.29) is 41.7 Å². The molecular weight excluding hydrogens is 640 g/mol. The van der Waals surface area contributed by atoms with Gasteiger partial charge in [-0.3, -0.25) is 4.79 Å². The Labute approximate surface area is 285 Å². The molecule has 4 rings (SSSR count). The molecule has 1 aliphatic heterocycles. The van der Waals surface area contributed by atoms with Gasteiger partial charge in [-0.15, -0.1) is 0 Å². The first-order valence-corrected chi connectivity index (χ1v) is 16.3. The number of nitrogens with zero attached hydrogens (tertiary/aromatic N) is 3. The largest absolute Gasteiger partial charge is 0.482 e. The molecule has 14 heteroatoms. The number of hydrogen-bond donors (Lipinski definition) is 3. The van der Waals surface area contributed by atoms with Crippen LogP contribution in [0.25, 0.3) is 0 Å². The molecule has 1 saturated heterocycles. The summed E-state index contributed by atoms with van der Waals surface area (Å²) in [4.78, 5) is 44.3. The smallest absolute Gasteiger partial charge is 0.343 e. The molecule has 2 heterocycles. The van der Waals surface area contributed by atoms with Crippen molar-refractivity contribution in [3.05, 3.63) is 70.5 Å². The lowest BCUT2D eigenvalue weighted by molar-refractivity contribution is -0.933. The molecule has 0 radical (unpaired) electrons. The van der Waals surface area contributed by atoms with E-state index < -0.39 is 17.8 Å². The predicted molar refractivity (Wildman–Crippen MR) is 181 cm³/mol. The molecule has 1 unspecified atom stereocenters. The Morgan fingerprint density at radius 1 is 0.875 bits per heavy atom. The summed E-state index contributed by atoms with van der Waals surface area (Å²) >= 11 is 6.03. The molecular formula is C34H44ClN6O7+. The highest BCUT2D eigenvalue weighted by Crippen LogP contribution is 2.25. The van der Waals surface area contributed by atoms with Crippen LogP contribution in [0, 0.1) is 0 Å². The maximum Gasteiger partial charge on any atom is 0.343 e. The zero-order chi connectivity index (χ0) is 34.5. The summed E-state index contributed by atoms with van der Waals surface area (Å²) in [5, 5.41) is 3.05. The van der Waals surface area contributed by atoms with Crippen LogP contribution in [0.2, 0.25) is 5.15 Å². The van der Waals surface area contributed by atoms with Gasteiger partial charge < -0.3 is 40.2 Å². The van der Waals surface area contributed by atoms with Gasteiger partial charge in [0.25, 0.3) is 5.91 Å². The van der Waals surface area contributed by atoms with Crippen LogP contribution < -0.4 is 26.3 Å². The molecule has 1 atom stereocenters. The summed E-state index contributed by atoms with van der Waals surface area (Å²) in [6.07, 6.45) is 5.21. The van der Waals surface area contributed by atoms with Crippen LogP contribution in [-0.2, 0) is 31.9 Å². The SMILES string of the molecule is COC(=O)COc1cccc(CCC[N+]2(CCCc3cccc(OCC(=O)OC)c3)CCCC(NC(=O)c3nc(Cl)c(N)nc3N)C2)c1. The van der Waals surface area contributed by atoms with E-state index in [1.54, 1.807) is 0 Å². The van der Waals surface area contributed by atoms with E-state index in [1.165, 1.54) is 14.2 Å². The average molecular weight is 684 g/mol. The fourth-order valence-corrected chi connectivity index (χ4v) is 6.17. The number of benzene rings is 2. The third-order valence-corrected chi connectivity index (χ3v) is 8.69. The van der Waals surface area contributed by atoms with Gasteiger partial charge in [0.2, 0.25) is 0 Å². The van der Waals surface area contributed by atoms with Crippen molar-refractivity contribution in [1.29, 1.82) is 0 Å². The summed E-state index contributed by atoms with van der Waals surface area (Å²) in [6.45, 7) is 3.23. The number of ether oxygens (including phenoxy) is 4. The zero-order valence-corrected chi connectivity index (χ0v) is 28.2. The minimum Gasteiger partial charge on any atom is -0.482 e. The van der Waals surface area contributed by atoms with Gasteiger partial charge in [-0.1, -0.05) is 35.9 Å². The number of piperidine rings is 1. The van der Waals surface area contributed by atoms with Gasteiger partial charge in [-0.25, -0.2) is 19.6 Å². The lowest BCUT2D eigenvalue weighted by Crippen LogP contribution is -2.60. The number of amides is 1. The van der Waals surface area contributed by atoms with E-state index in [9.17, 15) is 14.4 Å². The van der Waals surface area contributed by atoms with Crippen molar-refractivity contribution in [1.82, 2.24) is 15.3 Å². The summed E-state index contributed by atoms with van der Waals surface area (Å²) in [5.74, 6) is -0.168. The van der Waals surface area contributed by atoms with Crippen LogP contribution in [-0.4, -0.2) is 92.0 Å². The van der Waals surface area contributed by atoms with E-state index >= 15 is 0 Å². The molecule has 13 nitrogen and oxygen atoms in total. The number of hydrogen-bond acceptors (Lipinski definition) is 11. The number of halogens is 1. The molecule has 1 fully saturated rings. The van der Waals surface area contributed by atoms with Gasteiger partial charge in [0, 0.05) is 12.8 Å². The number of quaternary nitrogens is 1. The minimum atomic E-state index is -0.437. The summed E-state index contributed by atoms with van der Waals surface area (Å²) in [6, 6.07) is 15.4. The average Bonchev–Trinajstić information content (AvgIpc) is 3.08. The second-order valence-corrected chi connectivity index (χ2v) is 12.2. The quantitative estimate of drug-likeness (QED) is 0.149. The van der Waals surface area contributed by atoms with Crippen LogP contribution in [0.3, 0.4) is 0 Å². The highest BCUT2D eigenvalue weighted by atomic mass is 35.5. The van der Waals surface area contributed by atoms with Gasteiger partial charge in [0.15, 0.2) is 35.7 Å². The molecule has 1 aromatic heterocycles. The molecule has 48 heavy (non-hydrogen) atoms. The molecule has 1 aliphatic rings. The number of aromatic nitrogens is 2. The Kier molecular flexibility index (Phi) is 13.2. The standard InChI is InChI=1S/C34H43ClN6O7/c1-45-28(42)21-47-26-13-3-8-23(18-26)10-5-15-41(16-6-11-24-9-4-14-27(19-24)48-22-29(43)46-2)17-7-12-25(20-41)38-34(44)30-32(36)40-33(37)31(35)39-30/h3-4,8-9,13-14,18-19,25H,5-7,10-12,15-17,20-22H2,1-2H3,(H4-,36,37,38,40,44)/p+1. The second kappa shape index (κ2) is 17.5. The molecule has 0 aliphatic carbocycles. The van der Waals surface area contributed by atoms with Crippen molar-refractivity contribution >= 4 is 41.1 Å². The van der Waals surface area contributed by atoms with E-state index in [2.05, 4.69) is 24.8 Å². The van der Waals surface area contributed by atoms with E-state index in [4.69, 9.17) is 32.5 Å². The Balaban J connectivity index is 1.43. The van der Waals surface area contributed by atoms with Crippen molar-refractivity contribution < 1.29 is 37.8 Å². The first-order valence-electron chi connectivity index (χ1n) is 15.9. The van der Waals surface area contributed by atoms with Gasteiger partial charge in [0.1, 0.15) is 11.5 Å². The Morgan fingerprint density at radius 2 is 1.44 bits per heavy atom. The lowest BCUT2D eigenvalue weighted by atomic mass is 9.99. The molecule has 2 aromatic carbocycles. The number of nitrogens with two attached hydrogens (primary N) is 2. The first-order chi connectivity index (χ1) is 23.1. The number of anilines is 2. The highest BCUT2D eigenvalue weighted by molar-refractivity contribution is 6.31. The number of nitrogen functional groups attached to an aromatic ring is 2. The third-order valence-electron chi connectivity index (χ3n) is 8.41. The lowest BCUT2D eigenvalue weighted by Gasteiger charge is -2.45. The second-order valence-electron chi connectivity index (χ2n) is 11.9. The number of rotatable bonds is 16. The topological polar surface area (TPSA) is 178 Å². The van der Waals surface area contributed by atoms with Gasteiger partial charge in [0.05, 0.1) is 46.4 Å². The number of likely N-dealkylation sites (tertiary alicyclic amines) is 1. The summed E-state index contributed by atoms with van der Waals surface area (Å²) in [5.41, 5.74) is 13.8. The molecule has 0 spiro atoms. The fraction of sp³-hybridized carbons (Fsp3) is 0.441. The fourth-order valence-electron chi connectivity index (χ4n) is 6.04. The predicted octanol–water partition coefficient (Wildman–Crippen LogP) is 3.37. The zero-order valence-electron chi connectivity index (χ0n) is 27.4. The molecule has 258 valence electrons. The van der Waals surface area contributed by atoms with Crippen LogP contribution in [0.4, 0.5) is 11.6 Å². The van der Waals surface area contributed by atoms with E-state index in [0.29, 0.717) is 11.5 Å². The van der Waals surface area contributed by atoms with E-state index in [1.807, 2.05) is 48.5 Å². The van der Waals surface area contributed by atoms with Crippen molar-refractivity contribution in [2.24, 2.45) is 0 Å². The van der Waals surface area contributed by atoms with Gasteiger partial charge in [-0.05, 0) is 61.1 Å². The van der Waals surface area contributed by atoms with Crippen molar-refractivity contribution in [2.45, 2.75) is 44.6 Å². The first kappa shape index (κ1) is 36.2. The molecule has 1 amide bonds. The van der Waals surface area contributed by atoms with Crippen LogP contribution in [0.5, 0.6) is 11.5 Å². The maximum atomic E-state index is 13.2. The Morgan fingerprint density at radius 3 is 1.98 bits per heavy atom. The van der Waals surface area contributed by atoms with Gasteiger partial charge >= 0.3 is 11.9 Å². The van der Waals surface area contributed by atoms with Crippen molar-refractivity contribution in [3.8, 4) is 11.5 Å². The Hall–Kier alpha value is -4.62. The number of esters is 2.